The molecule has 0 saturated carbocycles. The standard InChI is InChI=1S/C17H22BrF3N2O/c1-16(2)11-23(22-15(16)24)14(17(19,20)21)10-6-4-8-12-7-3-5-9-13(12)18/h3,5,7,9,14H,4,6,8,10-11H2,1-2H3,(H,22,24). The molecule has 134 valence electrons. The van der Waals surface area contributed by atoms with Crippen LogP contribution in [0.1, 0.15) is 38.7 Å². The van der Waals surface area contributed by atoms with Crippen LogP contribution in [0.5, 0.6) is 0 Å². The van der Waals surface area contributed by atoms with Gasteiger partial charge in [0.1, 0.15) is 6.04 Å². The molecule has 24 heavy (non-hydrogen) atoms. The molecule has 1 atom stereocenters. The van der Waals surface area contributed by atoms with Gasteiger partial charge in [0, 0.05) is 11.0 Å². The molecule has 0 radical (unpaired) electrons. The van der Waals surface area contributed by atoms with Gasteiger partial charge < -0.3 is 0 Å². The monoisotopic (exact) mass is 406 g/mol. The topological polar surface area (TPSA) is 32.3 Å². The van der Waals surface area contributed by atoms with Gasteiger partial charge in [-0.2, -0.15) is 13.2 Å². The van der Waals surface area contributed by atoms with E-state index in [-0.39, 0.29) is 18.9 Å². The Balaban J connectivity index is 1.91. The van der Waals surface area contributed by atoms with Gasteiger partial charge in [-0.25, -0.2) is 5.01 Å². The van der Waals surface area contributed by atoms with Crippen molar-refractivity contribution in [3.8, 4) is 0 Å². The summed E-state index contributed by atoms with van der Waals surface area (Å²) in [6.07, 6.45) is -2.55. The Kier molecular flexibility index (Phi) is 5.96. The minimum atomic E-state index is -4.36. The number of hydrogen-bond donors (Lipinski definition) is 1. The van der Waals surface area contributed by atoms with Crippen LogP contribution in [0, 0.1) is 5.41 Å². The lowest BCUT2D eigenvalue weighted by molar-refractivity contribution is -0.190. The molecule has 1 saturated heterocycles. The molecule has 1 N–H and O–H groups in total. The molecule has 1 aliphatic heterocycles. The predicted molar refractivity (Wildman–Crippen MR) is 90.2 cm³/mol. The summed E-state index contributed by atoms with van der Waals surface area (Å²) in [6.45, 7) is 3.38. The van der Waals surface area contributed by atoms with E-state index in [0.29, 0.717) is 12.8 Å². The number of amides is 1. The third kappa shape index (κ3) is 4.72. The van der Waals surface area contributed by atoms with E-state index in [1.807, 2.05) is 24.3 Å². The summed E-state index contributed by atoms with van der Waals surface area (Å²) in [5.41, 5.74) is 2.69. The number of nitrogens with one attached hydrogen (secondary N) is 1. The van der Waals surface area contributed by atoms with Crippen LogP contribution < -0.4 is 5.43 Å². The largest absolute Gasteiger partial charge is 0.405 e. The smallest absolute Gasteiger partial charge is 0.288 e. The second-order valence-electron chi connectivity index (χ2n) is 6.85. The molecule has 0 bridgehead atoms. The Morgan fingerprint density at radius 3 is 2.50 bits per heavy atom. The van der Waals surface area contributed by atoms with Crippen molar-refractivity contribution in [1.29, 1.82) is 0 Å². The molecule has 1 fully saturated rings. The van der Waals surface area contributed by atoms with Gasteiger partial charge in [-0.1, -0.05) is 40.5 Å². The molecule has 1 unspecified atom stereocenters. The van der Waals surface area contributed by atoms with Crippen molar-refractivity contribution < 1.29 is 18.0 Å². The van der Waals surface area contributed by atoms with Crippen LogP contribution in [0.2, 0.25) is 0 Å². The van der Waals surface area contributed by atoms with E-state index in [4.69, 9.17) is 0 Å². The van der Waals surface area contributed by atoms with Crippen molar-refractivity contribution >= 4 is 21.8 Å². The number of alkyl halides is 3. The van der Waals surface area contributed by atoms with E-state index < -0.39 is 17.6 Å². The van der Waals surface area contributed by atoms with Crippen LogP contribution in [-0.4, -0.2) is 29.7 Å². The Morgan fingerprint density at radius 2 is 1.96 bits per heavy atom. The zero-order chi connectivity index (χ0) is 18.0. The maximum atomic E-state index is 13.4. The number of nitrogens with zero attached hydrogens (tertiary/aromatic N) is 1. The second kappa shape index (κ2) is 7.44. The van der Waals surface area contributed by atoms with E-state index in [0.717, 1.165) is 21.5 Å². The summed E-state index contributed by atoms with van der Waals surface area (Å²) in [6, 6.07) is 6.08. The fourth-order valence-corrected chi connectivity index (χ4v) is 3.34. The quantitative estimate of drug-likeness (QED) is 0.706. The normalized spacial score (nSPS) is 19.3. The van der Waals surface area contributed by atoms with Crippen molar-refractivity contribution in [2.75, 3.05) is 6.54 Å². The summed E-state index contributed by atoms with van der Waals surface area (Å²) in [7, 11) is 0. The molecule has 0 aromatic heterocycles. The third-order valence-corrected chi connectivity index (χ3v) is 5.08. The van der Waals surface area contributed by atoms with Crippen molar-refractivity contribution in [2.24, 2.45) is 5.41 Å². The number of hydrazine groups is 1. The first-order valence-electron chi connectivity index (χ1n) is 7.99. The lowest BCUT2D eigenvalue weighted by atomic mass is 9.94. The number of aryl methyl sites for hydroxylation is 1. The van der Waals surface area contributed by atoms with Crippen molar-refractivity contribution in [3.05, 3.63) is 34.3 Å². The van der Waals surface area contributed by atoms with Gasteiger partial charge in [0.2, 0.25) is 5.91 Å². The summed E-state index contributed by atoms with van der Waals surface area (Å²) in [5, 5.41) is 1.06. The van der Waals surface area contributed by atoms with Crippen LogP contribution in [0.15, 0.2) is 28.7 Å². The average molecular weight is 407 g/mol. The highest BCUT2D eigenvalue weighted by atomic mass is 79.9. The molecule has 1 amide bonds. The number of halogens is 4. The summed E-state index contributed by atoms with van der Waals surface area (Å²) in [5.74, 6) is -0.357. The minimum Gasteiger partial charge on any atom is -0.288 e. The highest BCUT2D eigenvalue weighted by Crippen LogP contribution is 2.33. The third-order valence-electron chi connectivity index (χ3n) is 4.31. The van der Waals surface area contributed by atoms with Gasteiger partial charge in [0.15, 0.2) is 0 Å². The lowest BCUT2D eigenvalue weighted by Crippen LogP contribution is -2.49. The van der Waals surface area contributed by atoms with Gasteiger partial charge in [0.05, 0.1) is 5.41 Å². The number of rotatable bonds is 6. The van der Waals surface area contributed by atoms with E-state index >= 15 is 0 Å². The molecule has 1 aromatic rings. The predicted octanol–water partition coefficient (Wildman–Crippen LogP) is 4.47. The Labute approximate surface area is 148 Å². The molecule has 7 heteroatoms. The number of carbonyl (C=O) groups is 1. The van der Waals surface area contributed by atoms with Crippen molar-refractivity contribution in [1.82, 2.24) is 10.4 Å². The second-order valence-corrected chi connectivity index (χ2v) is 7.70. The zero-order valence-electron chi connectivity index (χ0n) is 13.8. The van der Waals surface area contributed by atoms with Crippen LogP contribution in [-0.2, 0) is 11.2 Å². The van der Waals surface area contributed by atoms with Crippen LogP contribution in [0.25, 0.3) is 0 Å². The van der Waals surface area contributed by atoms with Gasteiger partial charge in [-0.05, 0) is 44.7 Å². The van der Waals surface area contributed by atoms with Gasteiger partial charge >= 0.3 is 6.18 Å². The molecule has 2 rings (SSSR count). The molecule has 3 nitrogen and oxygen atoms in total. The van der Waals surface area contributed by atoms with Crippen LogP contribution in [0.4, 0.5) is 13.2 Å². The molecule has 0 spiro atoms. The molecular weight excluding hydrogens is 385 g/mol. The Morgan fingerprint density at radius 1 is 1.29 bits per heavy atom. The van der Waals surface area contributed by atoms with E-state index in [1.165, 1.54) is 0 Å². The molecule has 0 aliphatic carbocycles. The highest BCUT2D eigenvalue weighted by Gasteiger charge is 2.49. The van der Waals surface area contributed by atoms with Gasteiger partial charge in [-0.15, -0.1) is 0 Å². The number of carbonyl (C=O) groups excluding carboxylic acids is 1. The molecular formula is C17H22BrF3N2O. The highest BCUT2D eigenvalue weighted by molar-refractivity contribution is 9.10. The van der Waals surface area contributed by atoms with E-state index in [9.17, 15) is 18.0 Å². The van der Waals surface area contributed by atoms with Crippen molar-refractivity contribution in [2.45, 2.75) is 51.7 Å². The fraction of sp³-hybridized carbons (Fsp3) is 0.588. The SMILES string of the molecule is CC1(C)CN(C(CCCCc2ccccc2Br)C(F)(F)F)NC1=O. The zero-order valence-corrected chi connectivity index (χ0v) is 15.4. The summed E-state index contributed by atoms with van der Waals surface area (Å²) >= 11 is 3.45. The first-order chi connectivity index (χ1) is 11.1. The van der Waals surface area contributed by atoms with Crippen LogP contribution >= 0.6 is 15.9 Å². The fourth-order valence-electron chi connectivity index (χ4n) is 2.86. The van der Waals surface area contributed by atoms with Crippen molar-refractivity contribution in [3.63, 3.8) is 0 Å². The minimum absolute atomic E-state index is 0.0235. The number of unbranched alkanes of at least 4 members (excludes halogenated alkanes) is 1. The van der Waals surface area contributed by atoms with Crippen LogP contribution in [0.3, 0.4) is 0 Å². The first-order valence-corrected chi connectivity index (χ1v) is 8.78. The number of benzene rings is 1. The molecule has 1 aromatic carbocycles. The maximum Gasteiger partial charge on any atom is 0.405 e. The summed E-state index contributed by atoms with van der Waals surface area (Å²) in [4.78, 5) is 11.8. The Bertz CT molecular complexity index is 589. The average Bonchev–Trinajstić information content (AvgIpc) is 2.72. The Hall–Kier alpha value is -1.08. The first kappa shape index (κ1) is 19.2. The van der Waals surface area contributed by atoms with E-state index in [2.05, 4.69) is 21.4 Å². The summed E-state index contributed by atoms with van der Waals surface area (Å²) < 4.78 is 41.1. The lowest BCUT2D eigenvalue weighted by Gasteiger charge is -2.29. The van der Waals surface area contributed by atoms with Gasteiger partial charge in [-0.3, -0.25) is 10.2 Å². The maximum absolute atomic E-state index is 13.4. The van der Waals surface area contributed by atoms with Gasteiger partial charge in [0.25, 0.3) is 0 Å². The van der Waals surface area contributed by atoms with E-state index in [1.54, 1.807) is 13.8 Å². The number of hydrogen-bond acceptors (Lipinski definition) is 2. The molecule has 1 heterocycles. The molecule has 1 aliphatic rings.